The minimum atomic E-state index is -0.291. The number of carbonyl (C=O) groups excluding carboxylic acids is 1. The van der Waals surface area contributed by atoms with E-state index < -0.39 is 0 Å². The van der Waals surface area contributed by atoms with Gasteiger partial charge < -0.3 is 4.74 Å². The Bertz CT molecular complexity index is 405. The topological polar surface area (TPSA) is 26.3 Å². The summed E-state index contributed by atoms with van der Waals surface area (Å²) < 4.78 is 18.4. The number of ketones is 1. The van der Waals surface area contributed by atoms with Gasteiger partial charge in [-0.1, -0.05) is 12.1 Å². The molecule has 0 amide bonds. The van der Waals surface area contributed by atoms with E-state index >= 15 is 0 Å². The van der Waals surface area contributed by atoms with Crippen LogP contribution < -0.4 is 0 Å². The monoisotopic (exact) mass is 236 g/mol. The van der Waals surface area contributed by atoms with Crippen LogP contribution >= 0.6 is 0 Å². The molecule has 0 bridgehead atoms. The van der Waals surface area contributed by atoms with E-state index in [1.807, 2.05) is 0 Å². The number of methoxy groups -OCH3 is 1. The van der Waals surface area contributed by atoms with Gasteiger partial charge in [0.2, 0.25) is 0 Å². The van der Waals surface area contributed by atoms with Crippen LogP contribution in [0.5, 0.6) is 0 Å². The van der Waals surface area contributed by atoms with Gasteiger partial charge in [-0.3, -0.25) is 4.79 Å². The normalized spacial score (nSPS) is 17.5. The molecule has 0 aliphatic heterocycles. The number of benzene rings is 1. The summed E-state index contributed by atoms with van der Waals surface area (Å²) in [6.07, 6.45) is 3.78. The molecule has 0 atom stereocenters. The number of halogens is 1. The lowest BCUT2D eigenvalue weighted by atomic mass is 9.76. The lowest BCUT2D eigenvalue weighted by Gasteiger charge is -2.40. The van der Waals surface area contributed by atoms with E-state index in [-0.39, 0.29) is 17.2 Å². The van der Waals surface area contributed by atoms with Crippen molar-refractivity contribution >= 4 is 5.78 Å². The molecule has 0 unspecified atom stereocenters. The van der Waals surface area contributed by atoms with E-state index in [2.05, 4.69) is 0 Å². The molecule has 2 nitrogen and oxygen atoms in total. The van der Waals surface area contributed by atoms with Gasteiger partial charge in [-0.05, 0) is 37.0 Å². The Morgan fingerprint density at radius 3 is 2.76 bits per heavy atom. The Morgan fingerprint density at radius 2 is 2.24 bits per heavy atom. The van der Waals surface area contributed by atoms with Crippen molar-refractivity contribution in [1.29, 1.82) is 0 Å². The lowest BCUT2D eigenvalue weighted by molar-refractivity contribution is -0.131. The molecule has 1 aliphatic rings. The molecule has 92 valence electrons. The largest absolute Gasteiger partial charge is 0.378 e. The van der Waals surface area contributed by atoms with E-state index in [4.69, 9.17) is 4.74 Å². The predicted molar refractivity (Wildman–Crippen MR) is 63.3 cm³/mol. The van der Waals surface area contributed by atoms with Gasteiger partial charge in [-0.2, -0.15) is 0 Å². The third-order valence-electron chi connectivity index (χ3n) is 3.51. The highest BCUT2D eigenvalue weighted by molar-refractivity contribution is 5.82. The summed E-state index contributed by atoms with van der Waals surface area (Å²) in [5.41, 5.74) is 0.505. The summed E-state index contributed by atoms with van der Waals surface area (Å²) >= 11 is 0. The van der Waals surface area contributed by atoms with Gasteiger partial charge in [0.1, 0.15) is 11.6 Å². The van der Waals surface area contributed by atoms with E-state index in [0.29, 0.717) is 12.8 Å². The Kier molecular flexibility index (Phi) is 3.57. The Hall–Kier alpha value is -1.22. The van der Waals surface area contributed by atoms with Crippen molar-refractivity contribution < 1.29 is 13.9 Å². The van der Waals surface area contributed by atoms with Crippen molar-refractivity contribution in [3.8, 4) is 0 Å². The van der Waals surface area contributed by atoms with Crippen molar-refractivity contribution in [2.75, 3.05) is 7.11 Å². The number of Topliss-reactive ketones (excluding diaryl/α,β-unsaturated/α-hetero) is 1. The van der Waals surface area contributed by atoms with E-state index in [0.717, 1.165) is 24.8 Å². The van der Waals surface area contributed by atoms with Crippen molar-refractivity contribution in [1.82, 2.24) is 0 Å². The van der Waals surface area contributed by atoms with Gasteiger partial charge in [0.25, 0.3) is 0 Å². The Labute approximate surface area is 101 Å². The van der Waals surface area contributed by atoms with Crippen LogP contribution in [0.4, 0.5) is 4.39 Å². The molecule has 1 aromatic rings. The Morgan fingerprint density at radius 1 is 1.47 bits per heavy atom. The molecule has 0 heterocycles. The lowest BCUT2D eigenvalue weighted by Crippen LogP contribution is -2.41. The molecule has 17 heavy (non-hydrogen) atoms. The maximum atomic E-state index is 13.0. The standard InChI is InChI=1S/C14H17FO2/c1-17-14(6-3-7-14)10-13(16)9-11-4-2-5-12(15)8-11/h2,4-5,8H,3,6-7,9-10H2,1H3. The van der Waals surface area contributed by atoms with Crippen molar-refractivity contribution in [3.63, 3.8) is 0 Å². The molecule has 3 heteroatoms. The fourth-order valence-electron chi connectivity index (χ4n) is 2.32. The number of hydrogen-bond donors (Lipinski definition) is 0. The molecule has 2 rings (SSSR count). The molecule has 1 saturated carbocycles. The first-order valence-electron chi connectivity index (χ1n) is 5.95. The molecule has 0 N–H and O–H groups in total. The first kappa shape index (κ1) is 12.2. The number of carbonyl (C=O) groups is 1. The molecule has 0 spiro atoms. The fraction of sp³-hybridized carbons (Fsp3) is 0.500. The highest BCUT2D eigenvalue weighted by atomic mass is 19.1. The Balaban J connectivity index is 1.93. The van der Waals surface area contributed by atoms with Crippen LogP contribution in [-0.4, -0.2) is 18.5 Å². The van der Waals surface area contributed by atoms with Crippen LogP contribution in [0, 0.1) is 5.82 Å². The van der Waals surface area contributed by atoms with Gasteiger partial charge in [0, 0.05) is 20.0 Å². The fourth-order valence-corrected chi connectivity index (χ4v) is 2.32. The summed E-state index contributed by atoms with van der Waals surface area (Å²) in [6, 6.07) is 6.21. The predicted octanol–water partition coefficient (Wildman–Crippen LogP) is 2.90. The number of rotatable bonds is 5. The quantitative estimate of drug-likeness (QED) is 0.785. The van der Waals surface area contributed by atoms with Crippen LogP contribution in [-0.2, 0) is 16.0 Å². The van der Waals surface area contributed by atoms with E-state index in [9.17, 15) is 9.18 Å². The highest BCUT2D eigenvalue weighted by Crippen LogP contribution is 2.38. The second-order valence-electron chi connectivity index (χ2n) is 4.76. The highest BCUT2D eigenvalue weighted by Gasteiger charge is 2.38. The summed E-state index contributed by atoms with van der Waals surface area (Å²) in [4.78, 5) is 11.9. The second kappa shape index (κ2) is 4.96. The van der Waals surface area contributed by atoms with Crippen molar-refractivity contribution in [2.24, 2.45) is 0 Å². The minimum absolute atomic E-state index is 0.122. The van der Waals surface area contributed by atoms with Gasteiger partial charge in [0.15, 0.2) is 0 Å². The van der Waals surface area contributed by atoms with E-state index in [1.54, 1.807) is 19.2 Å². The zero-order chi connectivity index (χ0) is 12.3. The van der Waals surface area contributed by atoms with Gasteiger partial charge >= 0.3 is 0 Å². The summed E-state index contributed by atoms with van der Waals surface area (Å²) in [5.74, 6) is -0.169. The summed E-state index contributed by atoms with van der Waals surface area (Å²) in [5, 5.41) is 0. The van der Waals surface area contributed by atoms with Crippen LogP contribution in [0.2, 0.25) is 0 Å². The van der Waals surface area contributed by atoms with Crippen LogP contribution in [0.15, 0.2) is 24.3 Å². The van der Waals surface area contributed by atoms with E-state index in [1.165, 1.54) is 12.1 Å². The molecule has 1 fully saturated rings. The molecule has 0 radical (unpaired) electrons. The average Bonchev–Trinajstić information content (AvgIpc) is 2.23. The smallest absolute Gasteiger partial charge is 0.140 e. The summed E-state index contributed by atoms with van der Waals surface area (Å²) in [6.45, 7) is 0. The first-order valence-corrected chi connectivity index (χ1v) is 5.95. The van der Waals surface area contributed by atoms with Gasteiger partial charge in [0.05, 0.1) is 5.60 Å². The minimum Gasteiger partial charge on any atom is -0.378 e. The van der Waals surface area contributed by atoms with Crippen LogP contribution in [0.25, 0.3) is 0 Å². The molecule has 1 aliphatic carbocycles. The van der Waals surface area contributed by atoms with Crippen molar-refractivity contribution in [3.05, 3.63) is 35.6 Å². The third kappa shape index (κ3) is 2.91. The second-order valence-corrected chi connectivity index (χ2v) is 4.76. The van der Waals surface area contributed by atoms with Crippen LogP contribution in [0.1, 0.15) is 31.2 Å². The first-order chi connectivity index (χ1) is 8.13. The van der Waals surface area contributed by atoms with Gasteiger partial charge in [-0.25, -0.2) is 4.39 Å². The van der Waals surface area contributed by atoms with Crippen molar-refractivity contribution in [2.45, 2.75) is 37.7 Å². The summed E-state index contributed by atoms with van der Waals surface area (Å²) in [7, 11) is 1.66. The zero-order valence-electron chi connectivity index (χ0n) is 10.0. The molecular formula is C14H17FO2. The maximum Gasteiger partial charge on any atom is 0.140 e. The SMILES string of the molecule is COC1(CC(=O)Cc2cccc(F)c2)CCC1. The van der Waals surface area contributed by atoms with Crippen LogP contribution in [0.3, 0.4) is 0 Å². The third-order valence-corrected chi connectivity index (χ3v) is 3.51. The zero-order valence-corrected chi connectivity index (χ0v) is 10.0. The maximum absolute atomic E-state index is 13.0. The number of ether oxygens (including phenoxy) is 1. The molecule has 0 saturated heterocycles. The average molecular weight is 236 g/mol. The molecule has 0 aromatic heterocycles. The van der Waals surface area contributed by atoms with Gasteiger partial charge in [-0.15, -0.1) is 0 Å². The number of hydrogen-bond acceptors (Lipinski definition) is 2. The molecular weight excluding hydrogens is 219 g/mol. The molecule has 1 aromatic carbocycles.